The maximum Gasteiger partial charge on any atom is 0.433 e. The van der Waals surface area contributed by atoms with Gasteiger partial charge in [-0.1, -0.05) is 0 Å². The zero-order valence-electron chi connectivity index (χ0n) is 8.91. The van der Waals surface area contributed by atoms with Crippen LogP contribution in [0, 0.1) is 10.6 Å². The molecule has 0 radical (unpaired) electrons. The Morgan fingerprint density at radius 3 is 1.93 bits per heavy atom. The van der Waals surface area contributed by atoms with Gasteiger partial charge in [-0.25, -0.2) is 0 Å². The second-order valence-electron chi connectivity index (χ2n) is 4.34. The number of aromatic nitrogens is 2. The van der Waals surface area contributed by atoms with E-state index in [-0.39, 0.29) is 5.56 Å². The molecule has 86 valence electrons. The fraction of sp³-hybridized carbons (Fsp3) is 0.667. The van der Waals surface area contributed by atoms with Crippen molar-refractivity contribution in [2.45, 2.75) is 39.4 Å². The van der Waals surface area contributed by atoms with Crippen molar-refractivity contribution in [3.05, 3.63) is 15.0 Å². The Kier molecular flexibility index (Phi) is 3.10. The van der Waals surface area contributed by atoms with Crippen LogP contribution in [-0.4, -0.2) is 9.78 Å². The Hall–Kier alpha value is -0.270. The van der Waals surface area contributed by atoms with E-state index >= 15 is 0 Å². The normalized spacial score (nSPS) is 13.3. The second kappa shape index (κ2) is 3.64. The van der Waals surface area contributed by atoms with E-state index in [1.165, 1.54) is 6.92 Å². The van der Waals surface area contributed by atoms with Gasteiger partial charge in [0.1, 0.15) is 9.39 Å². The molecular formula is C9H12F3IN2. The van der Waals surface area contributed by atoms with Crippen LogP contribution in [0.5, 0.6) is 0 Å². The molecule has 0 aliphatic carbocycles. The summed E-state index contributed by atoms with van der Waals surface area (Å²) in [6.07, 6.45) is -4.35. The van der Waals surface area contributed by atoms with Crippen LogP contribution in [-0.2, 0) is 11.7 Å². The Bertz CT molecular complexity index is 374. The molecule has 0 aliphatic rings. The van der Waals surface area contributed by atoms with Crippen molar-refractivity contribution in [3.63, 3.8) is 0 Å². The lowest BCUT2D eigenvalue weighted by atomic mass is 10.1. The van der Waals surface area contributed by atoms with Gasteiger partial charge >= 0.3 is 6.18 Å². The van der Waals surface area contributed by atoms with Gasteiger partial charge in [-0.3, -0.25) is 4.68 Å². The van der Waals surface area contributed by atoms with Gasteiger partial charge in [0.25, 0.3) is 0 Å². The minimum Gasteiger partial charge on any atom is -0.254 e. The van der Waals surface area contributed by atoms with Crippen LogP contribution < -0.4 is 0 Å². The van der Waals surface area contributed by atoms with Crippen molar-refractivity contribution in [1.82, 2.24) is 9.78 Å². The first-order valence-corrected chi connectivity index (χ1v) is 5.46. The minimum atomic E-state index is -4.35. The van der Waals surface area contributed by atoms with Crippen molar-refractivity contribution in [1.29, 1.82) is 0 Å². The topological polar surface area (TPSA) is 17.8 Å². The third-order valence-electron chi connectivity index (χ3n) is 1.97. The number of hydrogen-bond acceptors (Lipinski definition) is 1. The number of alkyl halides is 3. The number of nitrogens with zero attached hydrogens (tertiary/aromatic N) is 2. The average molecular weight is 332 g/mol. The zero-order valence-corrected chi connectivity index (χ0v) is 11.1. The van der Waals surface area contributed by atoms with Crippen LogP contribution in [0.1, 0.15) is 32.0 Å². The predicted octanol–water partition coefficient (Wildman–Crippen LogP) is 3.57. The molecule has 1 aromatic heterocycles. The van der Waals surface area contributed by atoms with E-state index < -0.39 is 17.4 Å². The lowest BCUT2D eigenvalue weighted by molar-refractivity contribution is -0.146. The molecule has 1 heterocycles. The molecule has 1 aromatic rings. The first-order chi connectivity index (χ1) is 6.55. The van der Waals surface area contributed by atoms with Gasteiger partial charge < -0.3 is 0 Å². The maximum absolute atomic E-state index is 12.8. The summed E-state index contributed by atoms with van der Waals surface area (Å²) in [7, 11) is 0. The van der Waals surface area contributed by atoms with E-state index in [9.17, 15) is 13.2 Å². The molecule has 6 heteroatoms. The lowest BCUT2D eigenvalue weighted by Gasteiger charge is -2.23. The quantitative estimate of drug-likeness (QED) is 0.664. The number of hydrogen-bond donors (Lipinski definition) is 0. The molecule has 0 spiro atoms. The van der Waals surface area contributed by atoms with Crippen LogP contribution in [0.2, 0.25) is 0 Å². The first-order valence-electron chi connectivity index (χ1n) is 4.38. The van der Waals surface area contributed by atoms with E-state index in [0.29, 0.717) is 3.70 Å². The molecule has 0 unspecified atom stereocenters. The average Bonchev–Trinajstić information content (AvgIpc) is 2.25. The molecule has 0 bridgehead atoms. The first kappa shape index (κ1) is 12.8. The molecule has 2 nitrogen and oxygen atoms in total. The highest BCUT2D eigenvalue weighted by Gasteiger charge is 2.40. The van der Waals surface area contributed by atoms with Crippen LogP contribution in [0.3, 0.4) is 0 Å². The highest BCUT2D eigenvalue weighted by molar-refractivity contribution is 14.1. The summed E-state index contributed by atoms with van der Waals surface area (Å²) < 4.78 is 39.8. The summed E-state index contributed by atoms with van der Waals surface area (Å²) in [6.45, 7) is 6.54. The minimum absolute atomic E-state index is 0.193. The maximum atomic E-state index is 12.8. The fourth-order valence-electron chi connectivity index (χ4n) is 1.29. The van der Waals surface area contributed by atoms with E-state index in [4.69, 9.17) is 0 Å². The highest BCUT2D eigenvalue weighted by Crippen LogP contribution is 2.36. The van der Waals surface area contributed by atoms with Crippen molar-refractivity contribution in [2.24, 2.45) is 0 Å². The number of halogens is 4. The third-order valence-corrected chi connectivity index (χ3v) is 2.99. The van der Waals surface area contributed by atoms with Crippen molar-refractivity contribution < 1.29 is 13.2 Å². The molecule has 1 rings (SSSR count). The van der Waals surface area contributed by atoms with Gasteiger partial charge in [0.05, 0.1) is 5.54 Å². The van der Waals surface area contributed by atoms with Gasteiger partial charge in [0.15, 0.2) is 0 Å². The number of rotatable bonds is 0. The van der Waals surface area contributed by atoms with Gasteiger partial charge in [0, 0.05) is 5.56 Å². The van der Waals surface area contributed by atoms with E-state index in [0.717, 1.165) is 4.68 Å². The Morgan fingerprint density at radius 2 is 1.67 bits per heavy atom. The summed E-state index contributed by atoms with van der Waals surface area (Å²) in [4.78, 5) is 0. The van der Waals surface area contributed by atoms with Crippen LogP contribution in [0.25, 0.3) is 0 Å². The molecule has 0 atom stereocenters. The molecule has 0 aliphatic heterocycles. The summed E-state index contributed by atoms with van der Waals surface area (Å²) in [6, 6.07) is 0. The fourth-order valence-corrected chi connectivity index (χ4v) is 1.76. The Labute approximate surface area is 100.0 Å². The molecule has 15 heavy (non-hydrogen) atoms. The smallest absolute Gasteiger partial charge is 0.254 e. The standard InChI is InChI=1S/C9H12F3IN2/c1-5-6(9(10,11)12)15(8(2,3)4)14-7(5)13/h1-4H3. The van der Waals surface area contributed by atoms with Gasteiger partial charge in [-0.2, -0.15) is 18.3 Å². The van der Waals surface area contributed by atoms with Crippen LogP contribution in [0.15, 0.2) is 0 Å². The third kappa shape index (κ3) is 2.46. The molecular weight excluding hydrogens is 320 g/mol. The van der Waals surface area contributed by atoms with E-state index in [1.807, 2.05) is 22.6 Å². The highest BCUT2D eigenvalue weighted by atomic mass is 127. The van der Waals surface area contributed by atoms with Crippen molar-refractivity contribution >= 4 is 22.6 Å². The monoisotopic (exact) mass is 332 g/mol. The molecule has 0 saturated carbocycles. The summed E-state index contributed by atoms with van der Waals surface area (Å²) >= 11 is 1.82. The van der Waals surface area contributed by atoms with Crippen LogP contribution in [0.4, 0.5) is 13.2 Å². The van der Waals surface area contributed by atoms with Gasteiger partial charge in [-0.05, 0) is 50.3 Å². The molecule has 0 aromatic carbocycles. The van der Waals surface area contributed by atoms with Crippen molar-refractivity contribution in [3.8, 4) is 0 Å². The largest absolute Gasteiger partial charge is 0.433 e. The van der Waals surface area contributed by atoms with Gasteiger partial charge in [0.2, 0.25) is 0 Å². The predicted molar refractivity (Wildman–Crippen MR) is 59.7 cm³/mol. The van der Waals surface area contributed by atoms with E-state index in [1.54, 1.807) is 20.8 Å². The zero-order chi connectivity index (χ0) is 12.0. The van der Waals surface area contributed by atoms with Crippen molar-refractivity contribution in [2.75, 3.05) is 0 Å². The Balaban J connectivity index is 3.48. The van der Waals surface area contributed by atoms with E-state index in [2.05, 4.69) is 5.10 Å². The lowest BCUT2D eigenvalue weighted by Crippen LogP contribution is -2.29. The van der Waals surface area contributed by atoms with Crippen LogP contribution >= 0.6 is 22.6 Å². The van der Waals surface area contributed by atoms with Gasteiger partial charge in [-0.15, -0.1) is 0 Å². The molecule has 0 saturated heterocycles. The second-order valence-corrected chi connectivity index (χ2v) is 5.37. The Morgan fingerprint density at radius 1 is 1.20 bits per heavy atom. The molecule has 0 amide bonds. The summed E-state index contributed by atoms with van der Waals surface area (Å²) in [5.74, 6) is 0. The summed E-state index contributed by atoms with van der Waals surface area (Å²) in [5, 5.41) is 3.93. The SMILES string of the molecule is Cc1c(I)nn(C(C)(C)C)c1C(F)(F)F. The summed E-state index contributed by atoms with van der Waals surface area (Å²) in [5.41, 5.74) is -1.13. The molecule has 0 N–H and O–H groups in total. The molecule has 0 fully saturated rings.